The number of rotatable bonds is 3. The highest BCUT2D eigenvalue weighted by Gasteiger charge is 2.04. The lowest BCUT2D eigenvalue weighted by Gasteiger charge is -2.07. The van der Waals surface area contributed by atoms with Crippen molar-refractivity contribution in [2.45, 2.75) is 40.3 Å². The van der Waals surface area contributed by atoms with Gasteiger partial charge in [-0.15, -0.1) is 24.0 Å². The van der Waals surface area contributed by atoms with Crippen LogP contribution in [0, 0.1) is 13.8 Å². The Morgan fingerprint density at radius 1 is 1.50 bits per heavy atom. The van der Waals surface area contributed by atoms with Gasteiger partial charge in [0.2, 0.25) is 5.89 Å². The minimum Gasteiger partial charge on any atom is -0.444 e. The molecule has 1 rings (SSSR count). The molecule has 0 fully saturated rings. The summed E-state index contributed by atoms with van der Waals surface area (Å²) < 4.78 is 5.37. The molecule has 0 radical (unpaired) electrons. The van der Waals surface area contributed by atoms with E-state index >= 15 is 0 Å². The van der Waals surface area contributed by atoms with E-state index in [2.05, 4.69) is 15.3 Å². The Morgan fingerprint density at radius 2 is 2.12 bits per heavy atom. The van der Waals surface area contributed by atoms with Crippen molar-refractivity contribution in [3.8, 4) is 0 Å². The third-order valence-electron chi connectivity index (χ3n) is 1.89. The van der Waals surface area contributed by atoms with Crippen LogP contribution in [0.3, 0.4) is 0 Å². The summed E-state index contributed by atoms with van der Waals surface area (Å²) >= 11 is 0. The smallest absolute Gasteiger partial charge is 0.216 e. The summed E-state index contributed by atoms with van der Waals surface area (Å²) in [7, 11) is 0. The van der Waals surface area contributed by atoms with Crippen LogP contribution < -0.4 is 11.1 Å². The Labute approximate surface area is 113 Å². The highest BCUT2D eigenvalue weighted by Crippen LogP contribution is 2.08. The van der Waals surface area contributed by atoms with Gasteiger partial charge in [0.15, 0.2) is 5.96 Å². The van der Waals surface area contributed by atoms with Gasteiger partial charge < -0.3 is 15.5 Å². The van der Waals surface area contributed by atoms with Gasteiger partial charge in [0.25, 0.3) is 0 Å². The van der Waals surface area contributed by atoms with Crippen molar-refractivity contribution in [1.29, 1.82) is 0 Å². The maximum atomic E-state index is 5.64. The average molecular weight is 338 g/mol. The second-order valence-electron chi connectivity index (χ2n) is 3.75. The molecule has 1 aromatic heterocycles. The molecule has 3 N–H and O–H groups in total. The fourth-order valence-corrected chi connectivity index (χ4v) is 1.10. The first-order chi connectivity index (χ1) is 6.99. The Bertz CT molecular complexity index is 340. The fraction of sp³-hybridized carbons (Fsp3) is 0.600. The maximum Gasteiger partial charge on any atom is 0.216 e. The number of aliphatic imine (C=N–C) groups is 1. The third kappa shape index (κ3) is 4.82. The first-order valence-electron chi connectivity index (χ1n) is 4.98. The number of nitrogens with zero attached hydrogens (tertiary/aromatic N) is 2. The normalized spacial score (nSPS) is 11.4. The topological polar surface area (TPSA) is 76.4 Å². The molecule has 0 amide bonds. The van der Waals surface area contributed by atoms with Gasteiger partial charge in [0.05, 0.1) is 5.69 Å². The molecule has 0 saturated heterocycles. The standard InChI is InChI=1S/C10H18N4O.HI/c1-6(2)13-10(11)12-5-9-14-7(3)8(4)15-9;/h6H,5H2,1-4H3,(H3,11,12,13);1H. The Hall–Kier alpha value is -0.790. The van der Waals surface area contributed by atoms with E-state index in [-0.39, 0.29) is 30.0 Å². The first-order valence-corrected chi connectivity index (χ1v) is 4.98. The summed E-state index contributed by atoms with van der Waals surface area (Å²) in [6.45, 7) is 8.16. The van der Waals surface area contributed by atoms with Gasteiger partial charge in [-0.2, -0.15) is 0 Å². The highest BCUT2D eigenvalue weighted by atomic mass is 127. The molecule has 16 heavy (non-hydrogen) atoms. The van der Waals surface area contributed by atoms with Crippen molar-refractivity contribution in [2.24, 2.45) is 10.7 Å². The molecule has 1 aromatic rings. The van der Waals surface area contributed by atoms with Crippen LogP contribution in [0.2, 0.25) is 0 Å². The zero-order valence-electron chi connectivity index (χ0n) is 10.1. The van der Waals surface area contributed by atoms with E-state index in [4.69, 9.17) is 10.2 Å². The summed E-state index contributed by atoms with van der Waals surface area (Å²) in [5.41, 5.74) is 6.54. The van der Waals surface area contributed by atoms with E-state index in [1.807, 2.05) is 27.7 Å². The molecule has 0 spiro atoms. The molecule has 0 unspecified atom stereocenters. The molecular formula is C10H19IN4O. The van der Waals surface area contributed by atoms with E-state index in [1.54, 1.807) is 0 Å². The second kappa shape index (κ2) is 6.72. The molecule has 0 aliphatic carbocycles. The number of aryl methyl sites for hydroxylation is 2. The largest absolute Gasteiger partial charge is 0.444 e. The van der Waals surface area contributed by atoms with Crippen LogP contribution in [0.15, 0.2) is 9.41 Å². The molecule has 0 aliphatic rings. The Morgan fingerprint density at radius 3 is 2.56 bits per heavy atom. The predicted octanol–water partition coefficient (Wildman–Crippen LogP) is 1.72. The van der Waals surface area contributed by atoms with Crippen LogP contribution in [0.5, 0.6) is 0 Å². The van der Waals surface area contributed by atoms with E-state index in [0.29, 0.717) is 18.4 Å². The van der Waals surface area contributed by atoms with Gasteiger partial charge in [-0.3, -0.25) is 0 Å². The summed E-state index contributed by atoms with van der Waals surface area (Å²) in [5.74, 6) is 1.84. The molecule has 5 nitrogen and oxygen atoms in total. The van der Waals surface area contributed by atoms with Crippen molar-refractivity contribution in [1.82, 2.24) is 10.3 Å². The van der Waals surface area contributed by atoms with Crippen molar-refractivity contribution in [3.05, 3.63) is 17.3 Å². The van der Waals surface area contributed by atoms with Crippen LogP contribution in [-0.4, -0.2) is 17.0 Å². The number of nitrogens with one attached hydrogen (secondary N) is 1. The molecule has 92 valence electrons. The zero-order chi connectivity index (χ0) is 11.4. The number of hydrogen-bond acceptors (Lipinski definition) is 3. The van der Waals surface area contributed by atoms with Gasteiger partial charge in [-0.25, -0.2) is 9.98 Å². The summed E-state index contributed by atoms with van der Waals surface area (Å²) in [5, 5.41) is 2.99. The lowest BCUT2D eigenvalue weighted by molar-refractivity contribution is 0.473. The number of aromatic nitrogens is 1. The maximum absolute atomic E-state index is 5.64. The van der Waals surface area contributed by atoms with Crippen LogP contribution in [0.25, 0.3) is 0 Å². The van der Waals surface area contributed by atoms with E-state index in [0.717, 1.165) is 11.5 Å². The number of hydrogen-bond donors (Lipinski definition) is 2. The highest BCUT2D eigenvalue weighted by molar-refractivity contribution is 14.0. The summed E-state index contributed by atoms with van der Waals surface area (Å²) in [6.07, 6.45) is 0. The van der Waals surface area contributed by atoms with Crippen LogP contribution in [-0.2, 0) is 6.54 Å². The molecular weight excluding hydrogens is 319 g/mol. The molecule has 6 heteroatoms. The summed E-state index contributed by atoms with van der Waals surface area (Å²) in [6, 6.07) is 0.279. The number of nitrogens with two attached hydrogens (primary N) is 1. The molecule has 0 aliphatic heterocycles. The Balaban J connectivity index is 0.00000225. The van der Waals surface area contributed by atoms with Crippen LogP contribution in [0.1, 0.15) is 31.2 Å². The number of guanidine groups is 1. The third-order valence-corrected chi connectivity index (χ3v) is 1.89. The molecule has 0 bridgehead atoms. The zero-order valence-corrected chi connectivity index (χ0v) is 12.4. The fourth-order valence-electron chi connectivity index (χ4n) is 1.10. The molecule has 0 atom stereocenters. The minimum absolute atomic E-state index is 0. The van der Waals surface area contributed by atoms with Gasteiger partial charge in [0, 0.05) is 6.04 Å². The summed E-state index contributed by atoms with van der Waals surface area (Å²) in [4.78, 5) is 8.32. The number of oxazole rings is 1. The van der Waals surface area contributed by atoms with Gasteiger partial charge in [-0.05, 0) is 27.7 Å². The second-order valence-corrected chi connectivity index (χ2v) is 3.75. The molecule has 0 aromatic carbocycles. The molecule has 0 saturated carbocycles. The minimum atomic E-state index is 0. The van der Waals surface area contributed by atoms with Crippen molar-refractivity contribution in [3.63, 3.8) is 0 Å². The lowest BCUT2D eigenvalue weighted by atomic mass is 10.4. The number of halogens is 1. The van der Waals surface area contributed by atoms with Crippen LogP contribution >= 0.6 is 24.0 Å². The van der Waals surface area contributed by atoms with Crippen molar-refractivity contribution < 1.29 is 4.42 Å². The van der Waals surface area contributed by atoms with Gasteiger partial charge >= 0.3 is 0 Å². The van der Waals surface area contributed by atoms with Gasteiger partial charge in [0.1, 0.15) is 12.3 Å². The van der Waals surface area contributed by atoms with E-state index in [1.165, 1.54) is 0 Å². The monoisotopic (exact) mass is 338 g/mol. The van der Waals surface area contributed by atoms with E-state index in [9.17, 15) is 0 Å². The quantitative estimate of drug-likeness (QED) is 0.500. The lowest BCUT2D eigenvalue weighted by Crippen LogP contribution is -2.36. The first kappa shape index (κ1) is 15.2. The van der Waals surface area contributed by atoms with Crippen LogP contribution in [0.4, 0.5) is 0 Å². The SMILES string of the molecule is Cc1nc(CN=C(N)NC(C)C)oc1C.I. The van der Waals surface area contributed by atoms with Crippen molar-refractivity contribution in [2.75, 3.05) is 0 Å². The van der Waals surface area contributed by atoms with Gasteiger partial charge in [-0.1, -0.05) is 0 Å². The van der Waals surface area contributed by atoms with E-state index < -0.39 is 0 Å². The predicted molar refractivity (Wildman–Crippen MR) is 75.0 cm³/mol. The molecule has 1 heterocycles. The van der Waals surface area contributed by atoms with Crippen molar-refractivity contribution >= 4 is 29.9 Å². The Kier molecular flexibility index (Phi) is 6.39. The average Bonchev–Trinajstić information content (AvgIpc) is 2.42.